The Hall–Kier alpha value is -3.14. The van der Waals surface area contributed by atoms with Crippen molar-refractivity contribution in [1.82, 2.24) is 14.5 Å². The zero-order valence-corrected chi connectivity index (χ0v) is 19.2. The minimum Gasteiger partial charge on any atom is -0.468 e. The summed E-state index contributed by atoms with van der Waals surface area (Å²) in [6.45, 7) is 1.56. The molecule has 1 N–H and O–H groups in total. The Kier molecular flexibility index (Phi) is 6.83. The summed E-state index contributed by atoms with van der Waals surface area (Å²) in [6.07, 6.45) is 1.47. The van der Waals surface area contributed by atoms with E-state index in [1.807, 2.05) is 0 Å². The molecule has 0 radical (unpaired) electrons. The summed E-state index contributed by atoms with van der Waals surface area (Å²) in [5.41, 5.74) is 0.822. The predicted molar refractivity (Wildman–Crippen MR) is 122 cm³/mol. The molecule has 172 valence electrons. The molecular weight excluding hydrogens is 466 g/mol. The van der Waals surface area contributed by atoms with Crippen molar-refractivity contribution in [2.45, 2.75) is 11.4 Å². The summed E-state index contributed by atoms with van der Waals surface area (Å²) >= 11 is 6.12. The first kappa shape index (κ1) is 23.0. The molecule has 8 nitrogen and oxygen atoms in total. The van der Waals surface area contributed by atoms with E-state index in [9.17, 15) is 18.0 Å². The molecule has 1 aliphatic heterocycles. The van der Waals surface area contributed by atoms with Crippen LogP contribution in [0.5, 0.6) is 0 Å². The first-order chi connectivity index (χ1) is 15.8. The predicted octanol–water partition coefficient (Wildman–Crippen LogP) is 3.01. The first-order valence-electron chi connectivity index (χ1n) is 10.3. The monoisotopic (exact) mass is 487 g/mol. The molecule has 0 bridgehead atoms. The molecule has 1 fully saturated rings. The van der Waals surface area contributed by atoms with Gasteiger partial charge in [0, 0.05) is 31.7 Å². The number of nitrogens with one attached hydrogen (secondary N) is 1. The van der Waals surface area contributed by atoms with Crippen LogP contribution < -0.4 is 4.72 Å². The Morgan fingerprint density at radius 1 is 0.879 bits per heavy atom. The highest BCUT2D eigenvalue weighted by atomic mass is 35.5. The number of amides is 2. The van der Waals surface area contributed by atoms with Gasteiger partial charge < -0.3 is 14.2 Å². The minimum atomic E-state index is -3.74. The second kappa shape index (κ2) is 9.78. The molecule has 1 aromatic heterocycles. The van der Waals surface area contributed by atoms with E-state index >= 15 is 0 Å². The second-order valence-corrected chi connectivity index (χ2v) is 9.67. The molecule has 2 heterocycles. The van der Waals surface area contributed by atoms with Gasteiger partial charge in [-0.2, -0.15) is 0 Å². The molecule has 0 aliphatic carbocycles. The minimum absolute atomic E-state index is 0.0349. The summed E-state index contributed by atoms with van der Waals surface area (Å²) in [4.78, 5) is 28.9. The quantitative estimate of drug-likeness (QED) is 0.576. The van der Waals surface area contributed by atoms with Gasteiger partial charge in [0.25, 0.3) is 11.8 Å². The van der Waals surface area contributed by atoms with Crippen molar-refractivity contribution in [3.05, 3.63) is 88.8 Å². The fourth-order valence-electron chi connectivity index (χ4n) is 3.54. The summed E-state index contributed by atoms with van der Waals surface area (Å²) in [5.74, 6) is 0.120. The maximum Gasteiger partial charge on any atom is 0.255 e. The molecule has 33 heavy (non-hydrogen) atoms. The molecular formula is C23H22ClN3O5S. The van der Waals surface area contributed by atoms with E-state index < -0.39 is 10.0 Å². The van der Waals surface area contributed by atoms with Gasteiger partial charge in [0.1, 0.15) is 5.76 Å². The lowest BCUT2D eigenvalue weighted by molar-refractivity contribution is 0.0535. The number of halogens is 1. The van der Waals surface area contributed by atoms with Crippen LogP contribution in [-0.2, 0) is 16.6 Å². The van der Waals surface area contributed by atoms with Crippen LogP contribution in [0.3, 0.4) is 0 Å². The molecule has 0 unspecified atom stereocenters. The largest absolute Gasteiger partial charge is 0.468 e. The average molecular weight is 488 g/mol. The normalized spacial score (nSPS) is 14.3. The zero-order valence-electron chi connectivity index (χ0n) is 17.6. The topological polar surface area (TPSA) is 99.9 Å². The number of sulfonamides is 1. The lowest BCUT2D eigenvalue weighted by Crippen LogP contribution is -2.50. The van der Waals surface area contributed by atoms with Gasteiger partial charge in [0.2, 0.25) is 10.0 Å². The van der Waals surface area contributed by atoms with Crippen LogP contribution in [0.4, 0.5) is 0 Å². The van der Waals surface area contributed by atoms with Crippen molar-refractivity contribution in [3.8, 4) is 0 Å². The Morgan fingerprint density at radius 2 is 1.52 bits per heavy atom. The van der Waals surface area contributed by atoms with Crippen molar-refractivity contribution in [2.24, 2.45) is 0 Å². The van der Waals surface area contributed by atoms with Gasteiger partial charge in [0.15, 0.2) is 0 Å². The van der Waals surface area contributed by atoms with Gasteiger partial charge in [-0.3, -0.25) is 9.59 Å². The van der Waals surface area contributed by atoms with Crippen molar-refractivity contribution < 1.29 is 22.4 Å². The van der Waals surface area contributed by atoms with E-state index in [4.69, 9.17) is 16.0 Å². The maximum absolute atomic E-state index is 12.9. The van der Waals surface area contributed by atoms with Gasteiger partial charge in [-0.15, -0.1) is 0 Å². The van der Waals surface area contributed by atoms with Crippen molar-refractivity contribution in [3.63, 3.8) is 0 Å². The molecule has 3 aromatic rings. The number of carbonyl (C=O) groups is 2. The van der Waals surface area contributed by atoms with Gasteiger partial charge >= 0.3 is 0 Å². The fraction of sp³-hybridized carbons (Fsp3) is 0.217. The molecule has 2 amide bonds. The van der Waals surface area contributed by atoms with Crippen LogP contribution in [0.1, 0.15) is 26.5 Å². The summed E-state index contributed by atoms with van der Waals surface area (Å²) in [6, 6.07) is 16.0. The third-order valence-corrected chi connectivity index (χ3v) is 7.13. The molecule has 0 saturated carbocycles. The van der Waals surface area contributed by atoms with Gasteiger partial charge in [-0.1, -0.05) is 23.7 Å². The fourth-order valence-corrected chi connectivity index (χ4v) is 4.75. The molecule has 4 rings (SSSR count). The highest BCUT2D eigenvalue weighted by Crippen LogP contribution is 2.19. The van der Waals surface area contributed by atoms with E-state index in [0.717, 1.165) is 0 Å². The first-order valence-corrected chi connectivity index (χ1v) is 12.2. The number of carbonyl (C=O) groups excluding carboxylic acids is 2. The van der Waals surface area contributed by atoms with Gasteiger partial charge in [-0.05, 0) is 48.5 Å². The summed E-state index contributed by atoms with van der Waals surface area (Å²) < 4.78 is 32.5. The number of hydrogen-bond donors (Lipinski definition) is 1. The maximum atomic E-state index is 12.9. The lowest BCUT2D eigenvalue weighted by Gasteiger charge is -2.35. The van der Waals surface area contributed by atoms with E-state index in [2.05, 4.69) is 4.72 Å². The Labute approximate surface area is 196 Å². The zero-order chi connectivity index (χ0) is 23.4. The summed E-state index contributed by atoms with van der Waals surface area (Å²) in [7, 11) is -3.74. The number of hydrogen-bond acceptors (Lipinski definition) is 5. The SMILES string of the molecule is O=C(c1ccc(S(=O)(=O)NCc2ccco2)cc1)N1CCN(C(=O)c2ccccc2Cl)CC1. The summed E-state index contributed by atoms with van der Waals surface area (Å²) in [5, 5.41) is 0.398. The average Bonchev–Trinajstić information content (AvgIpc) is 3.36. The number of piperazine rings is 1. The van der Waals surface area contributed by atoms with Crippen molar-refractivity contribution in [1.29, 1.82) is 0 Å². The van der Waals surface area contributed by atoms with Crippen LogP contribution in [0, 0.1) is 0 Å². The highest BCUT2D eigenvalue weighted by molar-refractivity contribution is 7.89. The van der Waals surface area contributed by atoms with Gasteiger partial charge in [0.05, 0.1) is 28.3 Å². The Bertz CT molecular complexity index is 1240. The third kappa shape index (κ3) is 5.27. The molecule has 1 aliphatic rings. The number of furan rings is 1. The standard InChI is InChI=1S/C23H22ClN3O5S/c24-21-6-2-1-5-20(21)23(29)27-13-11-26(12-14-27)22(28)17-7-9-19(10-8-17)33(30,31)25-16-18-4-3-15-32-18/h1-10,15,25H,11-14,16H2. The smallest absolute Gasteiger partial charge is 0.255 e. The van der Waals surface area contributed by atoms with Crippen LogP contribution in [-0.4, -0.2) is 56.2 Å². The number of nitrogens with zero attached hydrogens (tertiary/aromatic N) is 2. The Balaban J connectivity index is 1.35. The van der Waals surface area contributed by atoms with E-state index in [1.165, 1.54) is 30.5 Å². The van der Waals surface area contributed by atoms with E-state index in [0.29, 0.717) is 48.1 Å². The molecule has 1 saturated heterocycles. The molecule has 0 atom stereocenters. The van der Waals surface area contributed by atoms with Crippen LogP contribution >= 0.6 is 11.6 Å². The van der Waals surface area contributed by atoms with Gasteiger partial charge in [-0.25, -0.2) is 13.1 Å². The Morgan fingerprint density at radius 3 is 2.12 bits per heavy atom. The second-order valence-electron chi connectivity index (χ2n) is 7.49. The van der Waals surface area contributed by atoms with E-state index in [-0.39, 0.29) is 23.3 Å². The van der Waals surface area contributed by atoms with E-state index in [1.54, 1.807) is 46.2 Å². The molecule has 10 heteroatoms. The highest BCUT2D eigenvalue weighted by Gasteiger charge is 2.26. The number of rotatable bonds is 6. The van der Waals surface area contributed by atoms with Crippen molar-refractivity contribution >= 4 is 33.4 Å². The van der Waals surface area contributed by atoms with Crippen LogP contribution in [0.15, 0.2) is 76.2 Å². The lowest BCUT2D eigenvalue weighted by atomic mass is 10.1. The molecule has 2 aromatic carbocycles. The van der Waals surface area contributed by atoms with Crippen molar-refractivity contribution in [2.75, 3.05) is 26.2 Å². The third-order valence-electron chi connectivity index (χ3n) is 5.39. The molecule has 0 spiro atoms. The number of benzene rings is 2. The van der Waals surface area contributed by atoms with Crippen LogP contribution in [0.2, 0.25) is 5.02 Å². The van der Waals surface area contributed by atoms with Crippen LogP contribution in [0.25, 0.3) is 0 Å².